The molecule has 37 heteroatoms. The quantitative estimate of drug-likeness (QED) is 0.0284. The zero-order chi connectivity index (χ0) is 87.9. The number of hydrogen-bond donors (Lipinski definition) is 19. The minimum Gasteiger partial charge on any atom is -0.508 e. The molecule has 122 heavy (non-hydrogen) atoms. The van der Waals surface area contributed by atoms with Gasteiger partial charge in [-0.3, -0.25) is 33.6 Å². The van der Waals surface area contributed by atoms with E-state index in [4.69, 9.17) is 66.8 Å². The highest BCUT2D eigenvalue weighted by Gasteiger charge is 2.52. The molecule has 7 aliphatic heterocycles. The van der Waals surface area contributed by atoms with Crippen LogP contribution in [-0.2, 0) is 65.7 Å². The summed E-state index contributed by atoms with van der Waals surface area (Å²) >= 11 is 14.3. The molecular weight excluding hydrogens is 1630 g/mol. The number of rotatable bonds is 24. The van der Waals surface area contributed by atoms with E-state index < -0.39 is 237 Å². The Hall–Kier alpha value is -11.4. The summed E-state index contributed by atoms with van der Waals surface area (Å²) in [6.07, 6.45) is -15.8. The molecule has 0 spiro atoms. The van der Waals surface area contributed by atoms with Crippen molar-refractivity contribution < 1.29 is 127 Å². The van der Waals surface area contributed by atoms with Gasteiger partial charge in [-0.2, -0.15) is 0 Å². The maximum Gasteiger partial charge on any atom is 0.330 e. The van der Waals surface area contributed by atoms with Crippen LogP contribution in [0.25, 0.3) is 11.1 Å². The predicted octanol–water partition coefficient (Wildman–Crippen LogP) is 4.86. The van der Waals surface area contributed by atoms with Gasteiger partial charge >= 0.3 is 5.97 Å². The van der Waals surface area contributed by atoms with E-state index >= 15 is 19.2 Å². The Bertz CT molecular complexity index is 5090. The predicted molar refractivity (Wildman–Crippen MR) is 434 cm³/mol. The van der Waals surface area contributed by atoms with Crippen LogP contribution in [-0.4, -0.2) is 198 Å². The van der Waals surface area contributed by atoms with Gasteiger partial charge in [0.2, 0.25) is 53.4 Å². The summed E-state index contributed by atoms with van der Waals surface area (Å²) in [6.45, 7) is 10.4. The molecule has 0 radical (unpaired) electrons. The van der Waals surface area contributed by atoms with Crippen molar-refractivity contribution in [1.82, 2.24) is 42.5 Å². The fraction of sp³-hybridized carbons (Fsp3) is 0.388. The van der Waals surface area contributed by atoms with Crippen molar-refractivity contribution in [2.24, 2.45) is 11.7 Å². The highest BCUT2D eigenvalue weighted by atomic mass is 35.5. The number of amides is 7. The Labute approximate surface area is 708 Å². The van der Waals surface area contributed by atoms with Crippen LogP contribution in [0.3, 0.4) is 0 Å². The van der Waals surface area contributed by atoms with Gasteiger partial charge in [-0.25, -0.2) is 4.79 Å². The van der Waals surface area contributed by atoms with E-state index in [1.165, 1.54) is 19.2 Å². The molecule has 2 fully saturated rings. The minimum absolute atomic E-state index is 0.108. The van der Waals surface area contributed by atoms with Crippen molar-refractivity contribution >= 4 is 70.5 Å². The highest BCUT2D eigenvalue weighted by molar-refractivity contribution is 6.32. The smallest absolute Gasteiger partial charge is 0.330 e. The number of benzene rings is 7. The third-order valence-electron chi connectivity index (χ3n) is 21.5. The lowest BCUT2D eigenvalue weighted by atomic mass is 9.84. The average Bonchev–Trinajstić information content (AvgIpc) is 0.762. The Morgan fingerprint density at radius 1 is 0.697 bits per heavy atom. The zero-order valence-electron chi connectivity index (χ0n) is 66.5. The molecular formula is C85H95Cl2N9O26. The number of hydrogen-bond acceptors (Lipinski definition) is 27. The number of halogens is 2. The van der Waals surface area contributed by atoms with Gasteiger partial charge in [-0.05, 0) is 146 Å². The number of allylic oxidation sites excluding steroid dienone is 1. The molecule has 20 N–H and O–H groups in total. The summed E-state index contributed by atoms with van der Waals surface area (Å²) in [5.41, 5.74) is 3.22. The number of phenolic OH excluding ortho intramolecular Hbond substituents is 3. The van der Waals surface area contributed by atoms with Crippen molar-refractivity contribution in [2.45, 2.75) is 182 Å². The maximum atomic E-state index is 16.3. The van der Waals surface area contributed by atoms with Crippen LogP contribution in [0.15, 0.2) is 140 Å². The van der Waals surface area contributed by atoms with Gasteiger partial charge in [0.15, 0.2) is 41.4 Å². The molecule has 18 atom stereocenters. The first-order valence-electron chi connectivity index (χ1n) is 39.1. The number of ether oxygens (including phenoxy) is 8. The van der Waals surface area contributed by atoms with Gasteiger partial charge in [0.05, 0.1) is 47.9 Å². The number of carbonyl (C=O) groups excluding carboxylic acids is 7. The van der Waals surface area contributed by atoms with E-state index in [-0.39, 0.29) is 59.4 Å². The second kappa shape index (κ2) is 38.8. The molecule has 35 nitrogen and oxygen atoms in total. The van der Waals surface area contributed by atoms with Crippen LogP contribution in [0, 0.1) is 5.92 Å². The van der Waals surface area contributed by atoms with Crippen LogP contribution in [0.4, 0.5) is 0 Å². The molecule has 7 aliphatic rings. The van der Waals surface area contributed by atoms with Gasteiger partial charge in [0.25, 0.3) is 0 Å². The molecule has 0 aromatic heterocycles. The van der Waals surface area contributed by atoms with E-state index in [0.29, 0.717) is 36.5 Å². The fourth-order valence-corrected chi connectivity index (χ4v) is 15.4. The number of phenols is 3. The van der Waals surface area contributed by atoms with Gasteiger partial charge in [-0.1, -0.05) is 97.7 Å². The van der Waals surface area contributed by atoms with Crippen LogP contribution in [0.5, 0.6) is 57.5 Å². The number of carboxylic acids is 1. The normalized spacial score (nSPS) is 26.3. The second-order valence-corrected chi connectivity index (χ2v) is 31.6. The zero-order valence-corrected chi connectivity index (χ0v) is 68.0. The first kappa shape index (κ1) is 89.8. The lowest BCUT2D eigenvalue weighted by molar-refractivity contribution is -0.334. The van der Waals surface area contributed by atoms with Gasteiger partial charge in [0, 0.05) is 41.3 Å². The van der Waals surface area contributed by atoms with Gasteiger partial charge < -0.3 is 137 Å². The first-order chi connectivity index (χ1) is 58.1. The topological polar surface area (TPSA) is 535 Å². The number of aliphatic hydroxyl groups excluding tert-OH is 6. The van der Waals surface area contributed by atoms with Crippen LogP contribution >= 0.6 is 23.2 Å². The summed E-state index contributed by atoms with van der Waals surface area (Å²) in [5, 5.41) is 137. The van der Waals surface area contributed by atoms with E-state index in [2.05, 4.69) is 49.1 Å². The molecule has 7 amide bonds. The van der Waals surface area contributed by atoms with Gasteiger partial charge in [0.1, 0.15) is 96.1 Å². The summed E-state index contributed by atoms with van der Waals surface area (Å²) in [7, 11) is 1.48. The lowest BCUT2D eigenvalue weighted by Crippen LogP contribution is -2.65. The highest BCUT2D eigenvalue weighted by Crippen LogP contribution is 2.50. The van der Waals surface area contributed by atoms with Crippen LogP contribution in [0.2, 0.25) is 10.0 Å². The maximum absolute atomic E-state index is 16.3. The monoisotopic (exact) mass is 1730 g/mol. The summed E-state index contributed by atoms with van der Waals surface area (Å²) < 4.78 is 52.2. The molecule has 7 aromatic rings. The molecule has 650 valence electrons. The van der Waals surface area contributed by atoms with Gasteiger partial charge in [-0.15, -0.1) is 6.58 Å². The summed E-state index contributed by atoms with van der Waals surface area (Å²) in [6, 6.07) is 14.2. The third-order valence-corrected chi connectivity index (χ3v) is 22.1. The average molecular weight is 1730 g/mol. The Balaban J connectivity index is 1.02. The van der Waals surface area contributed by atoms with E-state index in [0.717, 1.165) is 72.3 Å². The molecule has 7 aromatic carbocycles. The number of aromatic hydroxyl groups is 3. The molecule has 14 rings (SSSR count). The molecule has 2 saturated heterocycles. The largest absolute Gasteiger partial charge is 0.508 e. The number of aliphatic hydroxyl groups is 6. The summed E-state index contributed by atoms with van der Waals surface area (Å²) in [5.74, 6) is -15.2. The van der Waals surface area contributed by atoms with Crippen LogP contribution in [0.1, 0.15) is 129 Å². The van der Waals surface area contributed by atoms with E-state index in [9.17, 15) is 70.2 Å². The number of aliphatic carboxylic acids is 1. The fourth-order valence-electron chi connectivity index (χ4n) is 15.0. The van der Waals surface area contributed by atoms with Crippen molar-refractivity contribution in [3.63, 3.8) is 0 Å². The minimum atomic E-state index is -2.37. The van der Waals surface area contributed by atoms with Crippen molar-refractivity contribution in [1.29, 1.82) is 0 Å². The molecule has 11 bridgehead atoms. The molecule has 0 saturated carbocycles. The number of carboxylic acid groups (broad SMARTS) is 1. The van der Waals surface area contributed by atoms with Crippen molar-refractivity contribution in [3.05, 3.63) is 189 Å². The second-order valence-electron chi connectivity index (χ2n) is 30.8. The Morgan fingerprint density at radius 2 is 1.35 bits per heavy atom. The number of fused-ring (bicyclic) bond motifs is 15. The Morgan fingerprint density at radius 3 is 1.99 bits per heavy atom. The summed E-state index contributed by atoms with van der Waals surface area (Å²) in [4.78, 5) is 118. The number of primary amides is 1. The van der Waals surface area contributed by atoms with E-state index in [1.807, 2.05) is 50.2 Å². The number of unbranched alkanes of at least 4 members (excludes halogenated alkanes) is 1. The lowest BCUT2D eigenvalue weighted by Gasteiger charge is -2.48. The number of nitrogens with two attached hydrogens (primary N) is 1. The standard InChI is InChI=1S/C85H95Cl2N9O26/c1-7-8-12-23-115-58-25-41(15-20-57(58)116-37-40-13-10-9-11-14-40)35-90-85(5)34-63(117-39(4)76(85)106)121-75-73(105)72(104)61(36-97)120-84(75)122-74-59-29-45-30-60(74)119-56-22-18-44(28-50(56)87)71(103)69-82(112)94-67(83(113)114)48-31-46(98)32-54(100)64(48)47-26-42(16-19-53(47)99)65(79(109)96-69)93-80(110)66(45)92-78(108)52(33-62(88)101)91-81(111)68(95-77(107)51(89-6)24-38(2)3)70(102)43-17-21-55(118-59)49(86)27-43/h7,9-11,13-22,25-32,38-39,51-52,61,63,65-73,75-76,84,89-90,97-100,102-106H,1,8,12,23-24,33-37H2,2-6H3,(H2,88,101)(H,91,111)(H,92,108)(H,93,110)(H,94,112)(H,95,107)(H,96,109)(H,113,114)/t39-,51+,52-,61+,63-,65+,66+,67-,68+,69-,70+,71+,72+,73-,75+,76+,84-,85-/m0/s1. The molecule has 0 unspecified atom stereocenters. The van der Waals surface area contributed by atoms with E-state index in [1.54, 1.807) is 32.1 Å². The number of carbonyl (C=O) groups is 8. The number of likely N-dealkylation sites (N-methyl/N-ethyl adjacent to an activating group) is 1. The van der Waals surface area contributed by atoms with Crippen molar-refractivity contribution in [3.8, 4) is 68.6 Å². The van der Waals surface area contributed by atoms with Crippen LogP contribution < -0.4 is 72.0 Å². The SMILES string of the molecule is C=CCCCOc1cc(CN[C@@]2(C)C[C@H](O[C@H]3[C@H](Oc4c5cc6cc4Oc4ccc(cc4Cl)[C@@H](O)[C@@H](NC(=O)[C@@H](CC(C)C)NC)C(=O)N[C@@H](CC(N)=O)C(=O)N[C@H]6C(=O)N[C@H]4C(=O)N[C@H](C(=O)N[C@H](C(=O)O)c6cc(O)cc(O)c6-c6cc4ccc6O)[C@H](O)c4ccc(c(Cl)c4)O5)O[C@H](CO)[C@@H](O)[C@@H]3O)O[C@@H](C)[C@H]2O)ccc1OCc1ccccc1. The molecule has 0 aliphatic carbocycles. The first-order valence-corrected chi connectivity index (χ1v) is 39.8. The number of nitrogens with one attached hydrogen (secondary N) is 8. The third kappa shape index (κ3) is 20.3. The molecule has 7 heterocycles. The Kier molecular flexibility index (Phi) is 28.5. The van der Waals surface area contributed by atoms with Crippen molar-refractivity contribution in [2.75, 3.05) is 20.3 Å².